The van der Waals surface area contributed by atoms with Crippen LogP contribution in [0.25, 0.3) is 11.3 Å². The lowest BCUT2D eigenvalue weighted by Crippen LogP contribution is -2.17. The maximum absolute atomic E-state index is 8.77. The Labute approximate surface area is 135 Å². The average molecular weight is 331 g/mol. The molecule has 4 N–H and O–H groups in total. The third-order valence-corrected chi connectivity index (χ3v) is 3.16. The Hall–Kier alpha value is -3.13. The Balaban J connectivity index is 1.87. The number of oxazole rings is 1. The second-order valence-corrected chi connectivity index (χ2v) is 4.84. The first kappa shape index (κ1) is 14.8. The predicted molar refractivity (Wildman–Crippen MR) is 84.8 cm³/mol. The Morgan fingerprint density at radius 2 is 1.91 bits per heavy atom. The number of nitrogens with two attached hydrogens (primary N) is 1. The van der Waals surface area contributed by atoms with Crippen LogP contribution in [0, 0.1) is 0 Å². The topological polar surface area (TPSA) is 122 Å². The summed E-state index contributed by atoms with van der Waals surface area (Å²) < 4.78 is 5.61. The zero-order valence-electron chi connectivity index (χ0n) is 11.6. The molecule has 0 spiro atoms. The minimum atomic E-state index is -0.176. The highest BCUT2D eigenvalue weighted by molar-refractivity contribution is 6.30. The van der Waals surface area contributed by atoms with Gasteiger partial charge in [-0.15, -0.1) is 0 Å². The van der Waals surface area contributed by atoms with E-state index in [1.807, 2.05) is 12.1 Å². The molecule has 0 aliphatic heterocycles. The summed E-state index contributed by atoms with van der Waals surface area (Å²) in [5.74, 6) is 0.635. The molecule has 116 valence electrons. The summed E-state index contributed by atoms with van der Waals surface area (Å²) in [6.07, 6.45) is 4.44. The number of benzene rings is 1. The molecule has 2 heterocycles. The molecule has 0 amide bonds. The van der Waals surface area contributed by atoms with E-state index >= 15 is 0 Å². The second kappa shape index (κ2) is 6.32. The molecule has 3 aromatic rings. The minimum absolute atomic E-state index is 0.176. The summed E-state index contributed by atoms with van der Waals surface area (Å²) in [5, 5.41) is 15.2. The number of aromatic nitrogens is 3. The molecule has 0 saturated carbocycles. The van der Waals surface area contributed by atoms with E-state index in [1.165, 1.54) is 12.4 Å². The lowest BCUT2D eigenvalue weighted by atomic mass is 10.2. The number of anilines is 2. The zero-order chi connectivity index (χ0) is 16.2. The lowest BCUT2D eigenvalue weighted by molar-refractivity contribution is 0.318. The van der Waals surface area contributed by atoms with Gasteiger partial charge < -0.3 is 15.4 Å². The fourth-order valence-corrected chi connectivity index (χ4v) is 1.97. The van der Waals surface area contributed by atoms with Crippen LogP contribution < -0.4 is 11.1 Å². The lowest BCUT2D eigenvalue weighted by Gasteiger charge is -2.05. The van der Waals surface area contributed by atoms with E-state index in [-0.39, 0.29) is 23.4 Å². The fourth-order valence-electron chi connectivity index (χ4n) is 1.85. The van der Waals surface area contributed by atoms with Crippen molar-refractivity contribution in [3.63, 3.8) is 0 Å². The second-order valence-electron chi connectivity index (χ2n) is 4.40. The van der Waals surface area contributed by atoms with E-state index in [9.17, 15) is 0 Å². The van der Waals surface area contributed by atoms with Crippen LogP contribution in [0.4, 0.5) is 11.8 Å². The Morgan fingerprint density at radius 3 is 2.65 bits per heavy atom. The largest absolute Gasteiger partial charge is 0.423 e. The van der Waals surface area contributed by atoms with Crippen LogP contribution in [0.3, 0.4) is 0 Å². The number of rotatable bonds is 4. The molecule has 9 heteroatoms. The average Bonchev–Trinajstić information content (AvgIpc) is 3.04. The maximum atomic E-state index is 8.77. The molecule has 0 aliphatic rings. The molecule has 0 atom stereocenters. The minimum Gasteiger partial charge on any atom is -0.423 e. The first-order valence-corrected chi connectivity index (χ1v) is 6.83. The van der Waals surface area contributed by atoms with E-state index in [0.29, 0.717) is 10.8 Å². The normalized spacial score (nSPS) is 11.4. The smallest absolute Gasteiger partial charge is 0.300 e. The molecule has 23 heavy (non-hydrogen) atoms. The van der Waals surface area contributed by atoms with Crippen molar-refractivity contribution in [1.29, 1.82) is 0 Å². The van der Waals surface area contributed by atoms with Gasteiger partial charge in [0, 0.05) is 23.0 Å². The van der Waals surface area contributed by atoms with Crippen molar-refractivity contribution >= 4 is 29.3 Å². The van der Waals surface area contributed by atoms with Gasteiger partial charge in [-0.1, -0.05) is 16.8 Å². The van der Waals surface area contributed by atoms with Crippen molar-refractivity contribution in [2.24, 2.45) is 10.9 Å². The van der Waals surface area contributed by atoms with Crippen molar-refractivity contribution < 1.29 is 9.62 Å². The molecule has 0 bridgehead atoms. The molecule has 0 radical (unpaired) electrons. The number of hydrogen-bond donors (Lipinski definition) is 3. The van der Waals surface area contributed by atoms with Gasteiger partial charge in [0.05, 0.1) is 6.20 Å². The Bertz CT molecular complexity index is 846. The SMILES string of the molecule is NC(=NO)c1nccnc1Nc1ncc(-c2ccc(Cl)cc2)o1. The quantitative estimate of drug-likeness (QED) is 0.291. The van der Waals surface area contributed by atoms with Crippen LogP contribution in [0.5, 0.6) is 0 Å². The van der Waals surface area contributed by atoms with Crippen LogP contribution in [-0.4, -0.2) is 26.0 Å². The van der Waals surface area contributed by atoms with Gasteiger partial charge >= 0.3 is 6.01 Å². The number of hydrogen-bond acceptors (Lipinski definition) is 7. The van der Waals surface area contributed by atoms with Crippen LogP contribution in [0.2, 0.25) is 5.02 Å². The van der Waals surface area contributed by atoms with Crippen molar-refractivity contribution in [2.45, 2.75) is 0 Å². The van der Waals surface area contributed by atoms with Gasteiger partial charge in [0.25, 0.3) is 0 Å². The summed E-state index contributed by atoms with van der Waals surface area (Å²) in [6.45, 7) is 0. The molecule has 0 unspecified atom stereocenters. The molecule has 8 nitrogen and oxygen atoms in total. The predicted octanol–water partition coefficient (Wildman–Crippen LogP) is 2.62. The summed E-state index contributed by atoms with van der Waals surface area (Å²) in [7, 11) is 0. The van der Waals surface area contributed by atoms with Crippen molar-refractivity contribution in [3.05, 3.63) is 53.6 Å². The highest BCUT2D eigenvalue weighted by Crippen LogP contribution is 2.25. The third kappa shape index (κ3) is 3.22. The standard InChI is InChI=1S/C14H11ClN6O2/c15-9-3-1-8(2-4-9)10-7-19-14(23-10)20-13-11(12(16)21-22)17-5-6-18-13/h1-7,22H,(H2,16,21)(H,18,19,20). The van der Waals surface area contributed by atoms with Crippen LogP contribution in [0.15, 0.2) is 52.4 Å². The van der Waals surface area contributed by atoms with E-state index in [2.05, 4.69) is 25.4 Å². The zero-order valence-corrected chi connectivity index (χ0v) is 12.4. The molecule has 0 saturated heterocycles. The van der Waals surface area contributed by atoms with E-state index in [1.54, 1.807) is 18.3 Å². The van der Waals surface area contributed by atoms with Gasteiger partial charge in [0.2, 0.25) is 0 Å². The molecule has 1 aromatic carbocycles. The van der Waals surface area contributed by atoms with Gasteiger partial charge in [0.15, 0.2) is 23.1 Å². The van der Waals surface area contributed by atoms with Crippen LogP contribution in [-0.2, 0) is 0 Å². The molecule has 0 aliphatic carbocycles. The molecular weight excluding hydrogens is 320 g/mol. The first-order chi connectivity index (χ1) is 11.2. The Kier molecular flexibility index (Phi) is 4.07. The summed E-state index contributed by atoms with van der Waals surface area (Å²) >= 11 is 5.86. The molecule has 3 rings (SSSR count). The molecular formula is C14H11ClN6O2. The van der Waals surface area contributed by atoms with Crippen molar-refractivity contribution in [1.82, 2.24) is 15.0 Å². The van der Waals surface area contributed by atoms with Gasteiger partial charge in [-0.25, -0.2) is 15.0 Å². The number of amidine groups is 1. The number of oxime groups is 1. The monoisotopic (exact) mass is 330 g/mol. The van der Waals surface area contributed by atoms with Crippen molar-refractivity contribution in [2.75, 3.05) is 5.32 Å². The summed E-state index contributed by atoms with van der Waals surface area (Å²) in [4.78, 5) is 12.2. The summed E-state index contributed by atoms with van der Waals surface area (Å²) in [6, 6.07) is 7.34. The number of nitrogens with one attached hydrogen (secondary N) is 1. The van der Waals surface area contributed by atoms with E-state index in [0.717, 1.165) is 5.56 Å². The van der Waals surface area contributed by atoms with Crippen LogP contribution in [0.1, 0.15) is 5.69 Å². The van der Waals surface area contributed by atoms with E-state index in [4.69, 9.17) is 27.0 Å². The van der Waals surface area contributed by atoms with Gasteiger partial charge in [-0.05, 0) is 24.3 Å². The van der Waals surface area contributed by atoms with Crippen molar-refractivity contribution in [3.8, 4) is 11.3 Å². The van der Waals surface area contributed by atoms with Gasteiger partial charge in [-0.3, -0.25) is 5.32 Å². The highest BCUT2D eigenvalue weighted by Gasteiger charge is 2.13. The molecule has 2 aromatic heterocycles. The summed E-state index contributed by atoms with van der Waals surface area (Å²) in [5.41, 5.74) is 6.56. The van der Waals surface area contributed by atoms with Gasteiger partial charge in [-0.2, -0.15) is 0 Å². The van der Waals surface area contributed by atoms with E-state index < -0.39 is 0 Å². The first-order valence-electron chi connectivity index (χ1n) is 6.45. The highest BCUT2D eigenvalue weighted by atomic mass is 35.5. The Morgan fingerprint density at radius 1 is 1.17 bits per heavy atom. The third-order valence-electron chi connectivity index (χ3n) is 2.91. The molecule has 0 fully saturated rings. The maximum Gasteiger partial charge on any atom is 0.300 e. The number of nitrogens with zero attached hydrogens (tertiary/aromatic N) is 4. The van der Waals surface area contributed by atoms with Crippen LogP contribution >= 0.6 is 11.6 Å². The van der Waals surface area contributed by atoms with Gasteiger partial charge in [0.1, 0.15) is 0 Å². The number of halogens is 1. The fraction of sp³-hybridized carbons (Fsp3) is 0.